The zero-order valence-electron chi connectivity index (χ0n) is 17.5. The fourth-order valence-electron chi connectivity index (χ4n) is 4.66. The number of aryl methyl sites for hydroxylation is 1. The molecule has 33 heavy (non-hydrogen) atoms. The summed E-state index contributed by atoms with van der Waals surface area (Å²) in [7, 11) is 0. The second-order valence-electron chi connectivity index (χ2n) is 8.10. The summed E-state index contributed by atoms with van der Waals surface area (Å²) < 4.78 is 0. The molecule has 0 spiro atoms. The lowest BCUT2D eigenvalue weighted by molar-refractivity contribution is 0.886. The number of hydrogen-bond acceptors (Lipinski definition) is 4. The molecule has 0 radical (unpaired) electrons. The summed E-state index contributed by atoms with van der Waals surface area (Å²) in [5.41, 5.74) is 15.0. The number of pyridine rings is 1. The third kappa shape index (κ3) is 3.43. The number of halogens is 2. The Morgan fingerprint density at radius 1 is 0.667 bits per heavy atom. The van der Waals surface area contributed by atoms with E-state index in [-0.39, 0.29) is 5.95 Å². The molecule has 0 unspecified atom stereocenters. The Bertz CT molecular complexity index is 1530. The molecule has 6 rings (SSSR count). The van der Waals surface area contributed by atoms with Crippen molar-refractivity contribution in [1.82, 2.24) is 15.0 Å². The van der Waals surface area contributed by atoms with Crippen molar-refractivity contribution in [3.63, 3.8) is 0 Å². The van der Waals surface area contributed by atoms with Crippen molar-refractivity contribution in [3.05, 3.63) is 94.1 Å². The van der Waals surface area contributed by atoms with Crippen LogP contribution in [0.15, 0.2) is 72.8 Å². The van der Waals surface area contributed by atoms with Gasteiger partial charge < -0.3 is 5.73 Å². The first kappa shape index (κ1) is 20.2. The first-order valence-electron chi connectivity index (χ1n) is 10.7. The molecule has 2 heterocycles. The van der Waals surface area contributed by atoms with Crippen LogP contribution in [0.2, 0.25) is 10.0 Å². The van der Waals surface area contributed by atoms with Crippen molar-refractivity contribution < 1.29 is 0 Å². The summed E-state index contributed by atoms with van der Waals surface area (Å²) in [4.78, 5) is 14.4. The summed E-state index contributed by atoms with van der Waals surface area (Å²) in [6, 6.07) is 23.8. The highest BCUT2D eigenvalue weighted by molar-refractivity contribution is 6.31. The summed E-state index contributed by atoms with van der Waals surface area (Å²) in [6.45, 7) is 0. The fraction of sp³-hybridized carbons (Fsp3) is 0.0741. The van der Waals surface area contributed by atoms with Gasteiger partial charge in [0.15, 0.2) is 0 Å². The van der Waals surface area contributed by atoms with Gasteiger partial charge >= 0.3 is 0 Å². The van der Waals surface area contributed by atoms with Crippen LogP contribution in [-0.2, 0) is 12.8 Å². The van der Waals surface area contributed by atoms with Crippen LogP contribution in [0, 0.1) is 0 Å². The first-order chi connectivity index (χ1) is 16.1. The van der Waals surface area contributed by atoms with E-state index in [0.717, 1.165) is 68.6 Å². The standard InChI is InChI=1S/C27H18Cl2N4/c28-17-8-6-16(7-9-17)25-19-11-13-22-24(26(19)33-27(30)32-25)23(15-4-2-1-3-5-15)20-14-18(29)10-12-21(20)31-22/h1-10,12,14H,11,13H2,(H2,30,32,33). The topological polar surface area (TPSA) is 64.7 Å². The number of benzene rings is 3. The number of nitrogens with two attached hydrogens (primary N) is 1. The van der Waals surface area contributed by atoms with Crippen LogP contribution in [0.5, 0.6) is 0 Å². The lowest BCUT2D eigenvalue weighted by Crippen LogP contribution is -2.14. The molecule has 160 valence electrons. The van der Waals surface area contributed by atoms with Crippen LogP contribution in [-0.4, -0.2) is 15.0 Å². The SMILES string of the molecule is Nc1nc(-c2ccc(Cl)cc2)c2c(n1)-c1c(nc3ccc(Cl)cc3c1-c1ccccc1)CC2. The summed E-state index contributed by atoms with van der Waals surface area (Å²) in [5.74, 6) is 0.233. The van der Waals surface area contributed by atoms with Gasteiger partial charge in [-0.15, -0.1) is 0 Å². The molecule has 1 aliphatic carbocycles. The van der Waals surface area contributed by atoms with Crippen LogP contribution in [0.4, 0.5) is 5.95 Å². The molecule has 0 atom stereocenters. The van der Waals surface area contributed by atoms with Crippen molar-refractivity contribution in [2.24, 2.45) is 0 Å². The highest BCUT2D eigenvalue weighted by Crippen LogP contribution is 2.45. The van der Waals surface area contributed by atoms with Gasteiger partial charge in [0.2, 0.25) is 5.95 Å². The Morgan fingerprint density at radius 2 is 1.39 bits per heavy atom. The number of fused-ring (bicyclic) bond motifs is 4. The number of rotatable bonds is 2. The second-order valence-corrected chi connectivity index (χ2v) is 8.97. The molecule has 3 aromatic carbocycles. The number of nitrogen functional groups attached to an aromatic ring is 1. The fourth-order valence-corrected chi connectivity index (χ4v) is 4.96. The van der Waals surface area contributed by atoms with Crippen LogP contribution in [0.3, 0.4) is 0 Å². The van der Waals surface area contributed by atoms with Gasteiger partial charge in [0.25, 0.3) is 0 Å². The Balaban J connectivity index is 1.71. The molecule has 4 nitrogen and oxygen atoms in total. The van der Waals surface area contributed by atoms with Gasteiger partial charge in [-0.2, -0.15) is 0 Å². The van der Waals surface area contributed by atoms with Crippen molar-refractivity contribution in [3.8, 4) is 33.6 Å². The van der Waals surface area contributed by atoms with E-state index in [1.807, 2.05) is 60.7 Å². The molecule has 1 aliphatic rings. The normalized spacial score (nSPS) is 12.4. The molecule has 0 fully saturated rings. The molecule has 0 saturated heterocycles. The highest BCUT2D eigenvalue weighted by atomic mass is 35.5. The van der Waals surface area contributed by atoms with E-state index in [9.17, 15) is 0 Å². The summed E-state index contributed by atoms with van der Waals surface area (Å²) in [6.07, 6.45) is 1.56. The van der Waals surface area contributed by atoms with E-state index in [0.29, 0.717) is 10.0 Å². The average molecular weight is 469 g/mol. The number of aromatic nitrogens is 3. The van der Waals surface area contributed by atoms with Crippen LogP contribution in [0.25, 0.3) is 44.5 Å². The van der Waals surface area contributed by atoms with Crippen molar-refractivity contribution in [1.29, 1.82) is 0 Å². The van der Waals surface area contributed by atoms with E-state index < -0.39 is 0 Å². The second kappa shape index (κ2) is 7.84. The van der Waals surface area contributed by atoms with E-state index in [1.54, 1.807) is 0 Å². The quantitative estimate of drug-likeness (QED) is 0.302. The van der Waals surface area contributed by atoms with Crippen molar-refractivity contribution >= 4 is 40.1 Å². The molecule has 0 amide bonds. The van der Waals surface area contributed by atoms with Gasteiger partial charge in [0, 0.05) is 37.7 Å². The molecule has 6 heteroatoms. The third-order valence-electron chi connectivity index (χ3n) is 6.08. The van der Waals surface area contributed by atoms with Gasteiger partial charge in [-0.3, -0.25) is 4.98 Å². The Morgan fingerprint density at radius 3 is 2.18 bits per heavy atom. The van der Waals surface area contributed by atoms with Crippen molar-refractivity contribution in [2.45, 2.75) is 12.8 Å². The molecular formula is C27H18Cl2N4. The first-order valence-corrected chi connectivity index (χ1v) is 11.4. The van der Waals surface area contributed by atoms with Gasteiger partial charge in [0.05, 0.1) is 22.6 Å². The predicted octanol–water partition coefficient (Wildman–Crippen LogP) is 7.01. The highest BCUT2D eigenvalue weighted by Gasteiger charge is 2.28. The number of anilines is 1. The summed E-state index contributed by atoms with van der Waals surface area (Å²) >= 11 is 12.5. The summed E-state index contributed by atoms with van der Waals surface area (Å²) in [5, 5.41) is 2.34. The maximum absolute atomic E-state index is 6.42. The van der Waals surface area contributed by atoms with E-state index in [1.165, 1.54) is 0 Å². The maximum atomic E-state index is 6.42. The Hall–Kier alpha value is -3.47. The predicted molar refractivity (Wildman–Crippen MR) is 135 cm³/mol. The minimum absolute atomic E-state index is 0.233. The number of hydrogen-bond donors (Lipinski definition) is 1. The Labute approximate surface area is 201 Å². The van der Waals surface area contributed by atoms with E-state index in [4.69, 9.17) is 38.9 Å². The monoisotopic (exact) mass is 468 g/mol. The molecule has 2 aromatic heterocycles. The van der Waals surface area contributed by atoms with Crippen LogP contribution < -0.4 is 5.73 Å². The van der Waals surface area contributed by atoms with Gasteiger partial charge in [-0.1, -0.05) is 65.7 Å². The van der Waals surface area contributed by atoms with E-state index >= 15 is 0 Å². The minimum Gasteiger partial charge on any atom is -0.368 e. The molecule has 0 bridgehead atoms. The van der Waals surface area contributed by atoms with Crippen LogP contribution in [0.1, 0.15) is 11.3 Å². The molecule has 0 aliphatic heterocycles. The smallest absolute Gasteiger partial charge is 0.221 e. The Kier molecular flexibility index (Phi) is 4.79. The minimum atomic E-state index is 0.233. The van der Waals surface area contributed by atoms with Crippen molar-refractivity contribution in [2.75, 3.05) is 5.73 Å². The lowest BCUT2D eigenvalue weighted by Gasteiger charge is -2.25. The molecular weight excluding hydrogens is 451 g/mol. The number of nitrogens with zero attached hydrogens (tertiary/aromatic N) is 3. The lowest BCUT2D eigenvalue weighted by atomic mass is 9.84. The third-order valence-corrected chi connectivity index (χ3v) is 6.56. The van der Waals surface area contributed by atoms with Crippen LogP contribution >= 0.6 is 23.2 Å². The molecule has 5 aromatic rings. The largest absolute Gasteiger partial charge is 0.368 e. The maximum Gasteiger partial charge on any atom is 0.221 e. The molecule has 2 N–H and O–H groups in total. The molecule has 0 saturated carbocycles. The van der Waals surface area contributed by atoms with E-state index in [2.05, 4.69) is 17.1 Å². The van der Waals surface area contributed by atoms with Gasteiger partial charge in [-0.05, 0) is 48.7 Å². The zero-order valence-corrected chi connectivity index (χ0v) is 19.0. The average Bonchev–Trinajstić information content (AvgIpc) is 2.83. The van der Waals surface area contributed by atoms with Gasteiger partial charge in [0.1, 0.15) is 0 Å². The zero-order chi connectivity index (χ0) is 22.5. The van der Waals surface area contributed by atoms with Gasteiger partial charge in [-0.25, -0.2) is 9.97 Å².